The van der Waals surface area contributed by atoms with Crippen LogP contribution >= 0.6 is 11.3 Å². The van der Waals surface area contributed by atoms with Gasteiger partial charge in [0.05, 0.1) is 6.20 Å². The molecule has 0 aliphatic rings. The van der Waals surface area contributed by atoms with Gasteiger partial charge in [0.1, 0.15) is 10.7 Å². The highest BCUT2D eigenvalue weighted by atomic mass is 32.1. The Labute approximate surface area is 62.4 Å². The third-order valence-electron chi connectivity index (χ3n) is 1.37. The van der Waals surface area contributed by atoms with Crippen molar-refractivity contribution in [1.29, 1.82) is 0 Å². The van der Waals surface area contributed by atoms with E-state index in [0.29, 0.717) is 0 Å². The summed E-state index contributed by atoms with van der Waals surface area (Å²) in [4.78, 5) is 5.29. The number of hydrogen-bond acceptors (Lipinski definition) is 2. The third-order valence-corrected chi connectivity index (χ3v) is 2.17. The van der Waals surface area contributed by atoms with Gasteiger partial charge in [0.15, 0.2) is 0 Å². The summed E-state index contributed by atoms with van der Waals surface area (Å²) >= 11 is 1.68. The summed E-state index contributed by atoms with van der Waals surface area (Å²) in [6.45, 7) is 3.65. The molecule has 0 unspecified atom stereocenters. The zero-order valence-electron chi connectivity index (χ0n) is 5.32. The van der Waals surface area contributed by atoms with E-state index in [4.69, 9.17) is 0 Å². The van der Waals surface area contributed by atoms with E-state index in [1.54, 1.807) is 17.4 Å². The summed E-state index contributed by atoms with van der Waals surface area (Å²) in [5, 5.41) is 2.03. The molecule has 2 aromatic heterocycles. The van der Waals surface area contributed by atoms with Crippen LogP contribution in [0.2, 0.25) is 0 Å². The van der Waals surface area contributed by atoms with Crippen molar-refractivity contribution in [3.8, 4) is 0 Å². The van der Waals surface area contributed by atoms with Crippen molar-refractivity contribution in [2.75, 3.05) is 0 Å². The van der Waals surface area contributed by atoms with Crippen LogP contribution in [0.3, 0.4) is 0 Å². The van der Waals surface area contributed by atoms with Crippen molar-refractivity contribution in [3.05, 3.63) is 30.2 Å². The zero-order chi connectivity index (χ0) is 6.97. The number of thiazole rings is 1. The SMILES string of the molecule is C=Cc1ncc2sccn12. The Morgan fingerprint density at radius 2 is 2.60 bits per heavy atom. The van der Waals surface area contributed by atoms with Crippen LogP contribution in [0.25, 0.3) is 10.9 Å². The minimum absolute atomic E-state index is 0.913. The van der Waals surface area contributed by atoms with E-state index in [2.05, 4.69) is 11.6 Å². The molecular weight excluding hydrogens is 144 g/mol. The first-order chi connectivity index (χ1) is 4.92. The molecule has 50 valence electrons. The minimum Gasteiger partial charge on any atom is -0.291 e. The average molecular weight is 150 g/mol. The molecule has 0 saturated heterocycles. The fourth-order valence-corrected chi connectivity index (χ4v) is 1.61. The lowest BCUT2D eigenvalue weighted by Crippen LogP contribution is -1.79. The zero-order valence-corrected chi connectivity index (χ0v) is 6.14. The Hall–Kier alpha value is -1.09. The lowest BCUT2D eigenvalue weighted by atomic mass is 10.6. The summed E-state index contributed by atoms with van der Waals surface area (Å²) in [7, 11) is 0. The van der Waals surface area contributed by atoms with Gasteiger partial charge in [0, 0.05) is 11.6 Å². The Kier molecular flexibility index (Phi) is 1.11. The predicted molar refractivity (Wildman–Crippen MR) is 43.2 cm³/mol. The molecule has 2 nitrogen and oxygen atoms in total. The summed E-state index contributed by atoms with van der Waals surface area (Å²) in [5.74, 6) is 0.913. The summed E-state index contributed by atoms with van der Waals surface area (Å²) < 4.78 is 2.01. The molecule has 3 heteroatoms. The highest BCUT2D eigenvalue weighted by Gasteiger charge is 1.97. The third kappa shape index (κ3) is 0.609. The van der Waals surface area contributed by atoms with Crippen molar-refractivity contribution in [1.82, 2.24) is 9.38 Å². The monoisotopic (exact) mass is 150 g/mol. The number of imidazole rings is 1. The molecule has 0 saturated carbocycles. The Bertz CT molecular complexity index is 358. The van der Waals surface area contributed by atoms with E-state index >= 15 is 0 Å². The van der Waals surface area contributed by atoms with Gasteiger partial charge >= 0.3 is 0 Å². The van der Waals surface area contributed by atoms with Crippen LogP contribution in [0, 0.1) is 0 Å². The van der Waals surface area contributed by atoms with Crippen LogP contribution < -0.4 is 0 Å². The predicted octanol–water partition coefficient (Wildman–Crippen LogP) is 2.04. The largest absolute Gasteiger partial charge is 0.291 e. The molecule has 0 aromatic carbocycles. The summed E-state index contributed by atoms with van der Waals surface area (Å²) in [6.07, 6.45) is 5.59. The van der Waals surface area contributed by atoms with Gasteiger partial charge in [-0.1, -0.05) is 6.58 Å². The number of nitrogens with zero attached hydrogens (tertiary/aromatic N) is 2. The maximum atomic E-state index is 4.13. The molecule has 0 amide bonds. The topological polar surface area (TPSA) is 17.3 Å². The Morgan fingerprint density at radius 1 is 1.70 bits per heavy atom. The first-order valence-corrected chi connectivity index (χ1v) is 3.83. The van der Waals surface area contributed by atoms with E-state index in [-0.39, 0.29) is 0 Å². The van der Waals surface area contributed by atoms with E-state index < -0.39 is 0 Å². The van der Waals surface area contributed by atoms with Crippen LogP contribution in [0.4, 0.5) is 0 Å². The van der Waals surface area contributed by atoms with Gasteiger partial charge in [0.25, 0.3) is 0 Å². The van der Waals surface area contributed by atoms with Crippen molar-refractivity contribution in [3.63, 3.8) is 0 Å². The van der Waals surface area contributed by atoms with Crippen molar-refractivity contribution >= 4 is 22.2 Å². The molecule has 0 N–H and O–H groups in total. The van der Waals surface area contributed by atoms with E-state index in [1.807, 2.05) is 22.2 Å². The van der Waals surface area contributed by atoms with Crippen molar-refractivity contribution in [2.24, 2.45) is 0 Å². The van der Waals surface area contributed by atoms with Crippen LogP contribution in [-0.4, -0.2) is 9.38 Å². The van der Waals surface area contributed by atoms with Gasteiger partial charge in [-0.2, -0.15) is 0 Å². The van der Waals surface area contributed by atoms with Gasteiger partial charge in [-0.25, -0.2) is 4.98 Å². The maximum absolute atomic E-state index is 4.13. The van der Waals surface area contributed by atoms with E-state index in [1.165, 1.54) is 0 Å². The van der Waals surface area contributed by atoms with E-state index in [9.17, 15) is 0 Å². The number of rotatable bonds is 1. The summed E-state index contributed by atoms with van der Waals surface area (Å²) in [6, 6.07) is 0. The highest BCUT2D eigenvalue weighted by Crippen LogP contribution is 2.13. The second-order valence-electron chi connectivity index (χ2n) is 1.93. The number of aromatic nitrogens is 2. The smallest absolute Gasteiger partial charge is 0.137 e. The second kappa shape index (κ2) is 1.95. The number of fused-ring (bicyclic) bond motifs is 1. The van der Waals surface area contributed by atoms with Gasteiger partial charge < -0.3 is 0 Å². The second-order valence-corrected chi connectivity index (χ2v) is 2.86. The molecule has 0 spiro atoms. The normalized spacial score (nSPS) is 10.4. The fourth-order valence-electron chi connectivity index (χ4n) is 0.908. The van der Waals surface area contributed by atoms with Crippen LogP contribution in [-0.2, 0) is 0 Å². The summed E-state index contributed by atoms with van der Waals surface area (Å²) in [5.41, 5.74) is 0. The first-order valence-electron chi connectivity index (χ1n) is 2.95. The number of hydrogen-bond donors (Lipinski definition) is 0. The lowest BCUT2D eigenvalue weighted by Gasteiger charge is -1.84. The molecule has 2 rings (SSSR count). The molecule has 2 aromatic rings. The molecule has 0 bridgehead atoms. The molecule has 0 fully saturated rings. The molecule has 0 aliphatic carbocycles. The molecule has 0 atom stereocenters. The first kappa shape index (κ1) is 5.68. The fraction of sp³-hybridized carbons (Fsp3) is 0. The molecule has 0 radical (unpaired) electrons. The molecule has 2 heterocycles. The lowest BCUT2D eigenvalue weighted by molar-refractivity contribution is 1.14. The quantitative estimate of drug-likeness (QED) is 0.608. The Morgan fingerprint density at radius 3 is 3.40 bits per heavy atom. The van der Waals surface area contributed by atoms with Gasteiger partial charge in [-0.05, 0) is 6.08 Å². The van der Waals surface area contributed by atoms with Crippen molar-refractivity contribution < 1.29 is 0 Å². The van der Waals surface area contributed by atoms with Gasteiger partial charge in [0.2, 0.25) is 0 Å². The Balaban J connectivity index is 2.88. The average Bonchev–Trinajstić information content (AvgIpc) is 2.44. The molecular formula is C7H6N2S. The van der Waals surface area contributed by atoms with Gasteiger partial charge in [-0.15, -0.1) is 11.3 Å². The van der Waals surface area contributed by atoms with Crippen LogP contribution in [0.15, 0.2) is 24.4 Å². The van der Waals surface area contributed by atoms with Crippen molar-refractivity contribution in [2.45, 2.75) is 0 Å². The maximum Gasteiger partial charge on any atom is 0.137 e. The molecule has 10 heavy (non-hydrogen) atoms. The molecule has 0 aliphatic heterocycles. The van der Waals surface area contributed by atoms with E-state index in [0.717, 1.165) is 10.7 Å². The van der Waals surface area contributed by atoms with Crippen LogP contribution in [0.1, 0.15) is 5.82 Å². The van der Waals surface area contributed by atoms with Gasteiger partial charge in [-0.3, -0.25) is 4.40 Å². The minimum atomic E-state index is 0.913. The highest BCUT2D eigenvalue weighted by molar-refractivity contribution is 7.15. The van der Waals surface area contributed by atoms with Crippen LogP contribution in [0.5, 0.6) is 0 Å². The standard InChI is InChI=1S/C7H6N2S/c1-2-6-8-5-7-9(6)3-4-10-7/h2-5H,1H2.